The largest absolute Gasteiger partial charge is 0.381 e. The van der Waals surface area contributed by atoms with Gasteiger partial charge in [0.25, 0.3) is 0 Å². The lowest BCUT2D eigenvalue weighted by Gasteiger charge is -2.11. The number of hydrogen-bond donors (Lipinski definition) is 2. The number of nitrogens with one attached hydrogen (secondary N) is 2. The predicted octanol–water partition coefficient (Wildman–Crippen LogP) is 1.78. The quantitative estimate of drug-likeness (QED) is 0.529. The lowest BCUT2D eigenvalue weighted by molar-refractivity contribution is 0.122. The van der Waals surface area contributed by atoms with Gasteiger partial charge in [-0.15, -0.1) is 0 Å². The van der Waals surface area contributed by atoms with Crippen LogP contribution >= 0.6 is 0 Å². The van der Waals surface area contributed by atoms with Crippen LogP contribution in [0.4, 0.5) is 0 Å². The minimum atomic E-state index is 0.642. The van der Waals surface area contributed by atoms with E-state index in [0.29, 0.717) is 6.04 Å². The van der Waals surface area contributed by atoms with Gasteiger partial charge < -0.3 is 15.4 Å². The van der Waals surface area contributed by atoms with Crippen LogP contribution in [-0.2, 0) is 4.74 Å². The van der Waals surface area contributed by atoms with Gasteiger partial charge in [0.05, 0.1) is 0 Å². The van der Waals surface area contributed by atoms with Gasteiger partial charge in [-0.1, -0.05) is 6.92 Å². The van der Waals surface area contributed by atoms with Crippen molar-refractivity contribution in [1.29, 1.82) is 0 Å². The van der Waals surface area contributed by atoms with Gasteiger partial charge in [-0.25, -0.2) is 0 Å². The zero-order chi connectivity index (χ0) is 11.6. The molecule has 1 unspecified atom stereocenters. The summed E-state index contributed by atoms with van der Waals surface area (Å²) in [5.41, 5.74) is 0. The normalized spacial score (nSPS) is 17.6. The molecular formula is C13H28N2O. The molecule has 0 aliphatic heterocycles. The Balaban J connectivity index is 1.67. The second kappa shape index (κ2) is 8.97. The van der Waals surface area contributed by atoms with Crippen LogP contribution in [0.2, 0.25) is 0 Å². The maximum Gasteiger partial charge on any atom is 0.0494 e. The summed E-state index contributed by atoms with van der Waals surface area (Å²) in [7, 11) is 0. The Hall–Kier alpha value is -0.120. The summed E-state index contributed by atoms with van der Waals surface area (Å²) >= 11 is 0. The molecule has 0 aromatic heterocycles. The minimum absolute atomic E-state index is 0.642. The maximum atomic E-state index is 5.56. The molecule has 3 heteroatoms. The van der Waals surface area contributed by atoms with Crippen LogP contribution in [0, 0.1) is 5.92 Å². The average molecular weight is 228 g/mol. The number of hydrogen-bond acceptors (Lipinski definition) is 3. The van der Waals surface area contributed by atoms with Gasteiger partial charge in [0.1, 0.15) is 0 Å². The van der Waals surface area contributed by atoms with Crippen LogP contribution in [0.1, 0.15) is 39.5 Å². The van der Waals surface area contributed by atoms with Crippen LogP contribution < -0.4 is 10.6 Å². The molecule has 1 aliphatic carbocycles. The van der Waals surface area contributed by atoms with E-state index in [2.05, 4.69) is 24.5 Å². The first-order chi connectivity index (χ1) is 7.83. The summed E-state index contributed by atoms with van der Waals surface area (Å²) < 4.78 is 5.56. The molecule has 1 atom stereocenters. The molecule has 0 amide bonds. The first-order valence-electron chi connectivity index (χ1n) is 6.84. The number of ether oxygens (including phenoxy) is 1. The molecule has 0 aromatic rings. The Labute approximate surface area is 100 Å². The Kier molecular flexibility index (Phi) is 7.81. The highest BCUT2D eigenvalue weighted by molar-refractivity contribution is 4.71. The van der Waals surface area contributed by atoms with Crippen molar-refractivity contribution in [1.82, 2.24) is 10.6 Å². The van der Waals surface area contributed by atoms with Gasteiger partial charge in [-0.3, -0.25) is 0 Å². The van der Waals surface area contributed by atoms with Crippen LogP contribution in [0.15, 0.2) is 0 Å². The fraction of sp³-hybridized carbons (Fsp3) is 1.00. The highest BCUT2D eigenvalue weighted by atomic mass is 16.5. The zero-order valence-corrected chi connectivity index (χ0v) is 10.9. The van der Waals surface area contributed by atoms with Crippen molar-refractivity contribution in [3.05, 3.63) is 0 Å². The second-order valence-corrected chi connectivity index (χ2v) is 4.89. The monoisotopic (exact) mass is 228 g/mol. The average Bonchev–Trinajstić information content (AvgIpc) is 3.10. The van der Waals surface area contributed by atoms with Gasteiger partial charge in [0.15, 0.2) is 0 Å². The van der Waals surface area contributed by atoms with Gasteiger partial charge in [0, 0.05) is 32.3 Å². The molecule has 0 radical (unpaired) electrons. The van der Waals surface area contributed by atoms with Crippen molar-refractivity contribution in [2.45, 2.75) is 45.6 Å². The zero-order valence-electron chi connectivity index (χ0n) is 10.9. The SMILES string of the molecule is CCC(C)NCCNCCCOCC1CC1. The lowest BCUT2D eigenvalue weighted by Crippen LogP contribution is -2.33. The van der Waals surface area contributed by atoms with Crippen molar-refractivity contribution in [2.75, 3.05) is 32.8 Å². The Bertz CT molecular complexity index is 160. The van der Waals surface area contributed by atoms with Gasteiger partial charge >= 0.3 is 0 Å². The van der Waals surface area contributed by atoms with Crippen molar-refractivity contribution < 1.29 is 4.74 Å². The fourth-order valence-electron chi connectivity index (χ4n) is 1.51. The van der Waals surface area contributed by atoms with E-state index in [9.17, 15) is 0 Å². The predicted molar refractivity (Wildman–Crippen MR) is 68.8 cm³/mol. The van der Waals surface area contributed by atoms with Crippen molar-refractivity contribution >= 4 is 0 Å². The summed E-state index contributed by atoms with van der Waals surface area (Å²) in [5.74, 6) is 0.896. The van der Waals surface area contributed by atoms with E-state index in [1.807, 2.05) is 0 Å². The molecule has 3 nitrogen and oxygen atoms in total. The molecule has 0 aromatic carbocycles. The fourth-order valence-corrected chi connectivity index (χ4v) is 1.51. The minimum Gasteiger partial charge on any atom is -0.381 e. The molecule has 96 valence electrons. The van der Waals surface area contributed by atoms with Crippen molar-refractivity contribution in [2.24, 2.45) is 5.92 Å². The van der Waals surface area contributed by atoms with E-state index in [1.165, 1.54) is 19.3 Å². The van der Waals surface area contributed by atoms with Crippen LogP contribution in [-0.4, -0.2) is 38.9 Å². The van der Waals surface area contributed by atoms with E-state index in [-0.39, 0.29) is 0 Å². The molecule has 0 heterocycles. The first kappa shape index (κ1) is 13.9. The van der Waals surface area contributed by atoms with Gasteiger partial charge in [-0.05, 0) is 45.1 Å². The van der Waals surface area contributed by atoms with Gasteiger partial charge in [0.2, 0.25) is 0 Å². The maximum absolute atomic E-state index is 5.56. The van der Waals surface area contributed by atoms with Crippen LogP contribution in [0.25, 0.3) is 0 Å². The highest BCUT2D eigenvalue weighted by Crippen LogP contribution is 2.28. The van der Waals surface area contributed by atoms with E-state index < -0.39 is 0 Å². The third-order valence-electron chi connectivity index (χ3n) is 3.10. The summed E-state index contributed by atoms with van der Waals surface area (Å²) in [6.45, 7) is 9.56. The summed E-state index contributed by atoms with van der Waals surface area (Å²) in [4.78, 5) is 0. The van der Waals surface area contributed by atoms with Crippen molar-refractivity contribution in [3.8, 4) is 0 Å². The topological polar surface area (TPSA) is 33.3 Å². The molecule has 1 fully saturated rings. The van der Waals surface area contributed by atoms with Crippen LogP contribution in [0.3, 0.4) is 0 Å². The smallest absolute Gasteiger partial charge is 0.0494 e. The third kappa shape index (κ3) is 8.08. The van der Waals surface area contributed by atoms with Gasteiger partial charge in [-0.2, -0.15) is 0 Å². The molecule has 1 saturated carbocycles. The van der Waals surface area contributed by atoms with E-state index >= 15 is 0 Å². The highest BCUT2D eigenvalue weighted by Gasteiger charge is 2.20. The lowest BCUT2D eigenvalue weighted by atomic mass is 10.2. The molecule has 1 aliphatic rings. The van der Waals surface area contributed by atoms with E-state index in [1.54, 1.807) is 0 Å². The summed E-state index contributed by atoms with van der Waals surface area (Å²) in [6, 6.07) is 0.642. The second-order valence-electron chi connectivity index (χ2n) is 4.89. The Morgan fingerprint density at radius 1 is 1.25 bits per heavy atom. The molecule has 0 saturated heterocycles. The molecule has 2 N–H and O–H groups in total. The molecule has 0 spiro atoms. The standard InChI is InChI=1S/C13H28N2O/c1-3-12(2)15-9-8-14-7-4-10-16-11-13-5-6-13/h12-15H,3-11H2,1-2H3. The van der Waals surface area contributed by atoms with E-state index in [4.69, 9.17) is 4.74 Å². The molecular weight excluding hydrogens is 200 g/mol. The molecule has 16 heavy (non-hydrogen) atoms. The first-order valence-corrected chi connectivity index (χ1v) is 6.84. The summed E-state index contributed by atoms with van der Waals surface area (Å²) in [6.07, 6.45) is 5.12. The van der Waals surface area contributed by atoms with E-state index in [0.717, 1.165) is 45.2 Å². The number of rotatable bonds is 11. The third-order valence-corrected chi connectivity index (χ3v) is 3.10. The summed E-state index contributed by atoms with van der Waals surface area (Å²) in [5, 5.41) is 6.89. The molecule has 0 bridgehead atoms. The van der Waals surface area contributed by atoms with Crippen molar-refractivity contribution in [3.63, 3.8) is 0 Å². The van der Waals surface area contributed by atoms with Crippen LogP contribution in [0.5, 0.6) is 0 Å². The Morgan fingerprint density at radius 2 is 2.06 bits per heavy atom. The Morgan fingerprint density at radius 3 is 2.75 bits per heavy atom. The molecule has 1 rings (SSSR count).